The van der Waals surface area contributed by atoms with Gasteiger partial charge in [-0.15, -0.1) is 0 Å². The van der Waals surface area contributed by atoms with E-state index in [1.807, 2.05) is 0 Å². The van der Waals surface area contributed by atoms with E-state index in [-0.39, 0.29) is 5.03 Å². The summed E-state index contributed by atoms with van der Waals surface area (Å²) in [4.78, 5) is 0. The first-order valence-electron chi connectivity index (χ1n) is 4.62. The van der Waals surface area contributed by atoms with Crippen molar-refractivity contribution in [3.05, 3.63) is 35.5 Å². The van der Waals surface area contributed by atoms with E-state index in [4.69, 9.17) is 22.3 Å². The molecule has 7 heteroatoms. The fourth-order valence-corrected chi connectivity index (χ4v) is 3.01. The van der Waals surface area contributed by atoms with Gasteiger partial charge in [-0.3, -0.25) is 4.68 Å². The van der Waals surface area contributed by atoms with Crippen LogP contribution < -0.4 is 0 Å². The van der Waals surface area contributed by atoms with Gasteiger partial charge < -0.3 is 0 Å². The Labute approximate surface area is 108 Å². The molecule has 0 N–H and O–H groups in total. The number of halogens is 2. The molecule has 2 rings (SSSR count). The third-order valence-electron chi connectivity index (χ3n) is 2.27. The quantitative estimate of drug-likeness (QED) is 0.799. The summed E-state index contributed by atoms with van der Waals surface area (Å²) < 4.78 is 24.1. The van der Waals surface area contributed by atoms with Crippen LogP contribution in [0.15, 0.2) is 35.5 Å². The van der Waals surface area contributed by atoms with Crippen molar-refractivity contribution in [1.82, 2.24) is 9.78 Å². The number of aromatic nitrogens is 2. The second-order valence-electron chi connectivity index (χ2n) is 3.43. The van der Waals surface area contributed by atoms with Crippen molar-refractivity contribution in [3.63, 3.8) is 0 Å². The molecule has 2 aromatic rings. The summed E-state index contributed by atoms with van der Waals surface area (Å²) in [6, 6.07) is 6.78. The van der Waals surface area contributed by atoms with Crippen LogP contribution in [0.4, 0.5) is 0 Å². The lowest BCUT2D eigenvalue weighted by molar-refractivity contribution is 0.591. The first-order valence-corrected chi connectivity index (χ1v) is 7.31. The molecule has 0 unspecified atom stereocenters. The summed E-state index contributed by atoms with van der Waals surface area (Å²) in [6.07, 6.45) is 1.46. The van der Waals surface area contributed by atoms with Crippen molar-refractivity contribution in [2.24, 2.45) is 7.05 Å². The van der Waals surface area contributed by atoms with Gasteiger partial charge in [0.15, 0.2) is 5.03 Å². The highest BCUT2D eigenvalue weighted by atomic mass is 35.7. The molecule has 0 amide bonds. The zero-order valence-electron chi connectivity index (χ0n) is 8.76. The van der Waals surface area contributed by atoms with Gasteiger partial charge in [-0.25, -0.2) is 8.42 Å². The minimum Gasteiger partial charge on any atom is -0.256 e. The lowest BCUT2D eigenvalue weighted by atomic mass is 10.1. The van der Waals surface area contributed by atoms with Crippen molar-refractivity contribution in [2.45, 2.75) is 5.03 Å². The molecule has 90 valence electrons. The Bertz CT molecular complexity index is 647. The molecule has 0 spiro atoms. The molecule has 0 aliphatic rings. The Morgan fingerprint density at radius 2 is 1.82 bits per heavy atom. The van der Waals surface area contributed by atoms with Gasteiger partial charge in [0.1, 0.15) is 0 Å². The van der Waals surface area contributed by atoms with Gasteiger partial charge in [0, 0.05) is 28.3 Å². The average molecular weight is 291 g/mol. The number of hydrogen-bond acceptors (Lipinski definition) is 3. The fourth-order valence-electron chi connectivity index (χ4n) is 1.54. The fraction of sp³-hybridized carbons (Fsp3) is 0.100. The van der Waals surface area contributed by atoms with Crippen LogP contribution in [0.3, 0.4) is 0 Å². The number of hydrogen-bond donors (Lipinski definition) is 0. The summed E-state index contributed by atoms with van der Waals surface area (Å²) in [5.74, 6) is 0. The summed E-state index contributed by atoms with van der Waals surface area (Å²) in [7, 11) is 3.06. The molecular weight excluding hydrogens is 283 g/mol. The standard InChI is InChI=1S/C10H8Cl2N2O2S/c1-14-10(17(12,15)16)9(6-13-14)7-2-4-8(11)5-3-7/h2-6H,1H3. The summed E-state index contributed by atoms with van der Waals surface area (Å²) >= 11 is 5.77. The Morgan fingerprint density at radius 1 is 1.24 bits per heavy atom. The lowest BCUT2D eigenvalue weighted by Crippen LogP contribution is -2.02. The van der Waals surface area contributed by atoms with Gasteiger partial charge >= 0.3 is 0 Å². The van der Waals surface area contributed by atoms with Crippen LogP contribution in [-0.4, -0.2) is 18.2 Å². The number of nitrogens with zero attached hydrogens (tertiary/aromatic N) is 2. The van der Waals surface area contributed by atoms with Crippen molar-refractivity contribution in [1.29, 1.82) is 0 Å². The zero-order chi connectivity index (χ0) is 12.6. The minimum absolute atomic E-state index is 0.0264. The molecule has 0 aliphatic carbocycles. The highest BCUT2D eigenvalue weighted by molar-refractivity contribution is 8.13. The maximum absolute atomic E-state index is 11.5. The predicted octanol–water partition coefficient (Wildman–Crippen LogP) is 2.67. The molecule has 4 nitrogen and oxygen atoms in total. The Balaban J connectivity index is 2.65. The molecular formula is C10H8Cl2N2O2S. The number of aryl methyl sites for hydroxylation is 1. The molecule has 0 aliphatic heterocycles. The second kappa shape index (κ2) is 4.33. The van der Waals surface area contributed by atoms with Gasteiger partial charge in [-0.2, -0.15) is 5.10 Å². The molecule has 1 heterocycles. The van der Waals surface area contributed by atoms with Crippen molar-refractivity contribution in [3.8, 4) is 11.1 Å². The lowest BCUT2D eigenvalue weighted by Gasteiger charge is -2.02. The molecule has 0 bridgehead atoms. The molecule has 0 radical (unpaired) electrons. The van der Waals surface area contributed by atoms with E-state index in [0.717, 1.165) is 0 Å². The first kappa shape index (κ1) is 12.4. The zero-order valence-corrected chi connectivity index (χ0v) is 11.1. The predicted molar refractivity (Wildman–Crippen MR) is 66.7 cm³/mol. The first-order chi connectivity index (χ1) is 7.89. The van der Waals surface area contributed by atoms with Gasteiger partial charge in [0.2, 0.25) is 0 Å². The van der Waals surface area contributed by atoms with Gasteiger partial charge in [-0.05, 0) is 17.7 Å². The molecule has 1 aromatic carbocycles. The van der Waals surface area contributed by atoms with E-state index in [0.29, 0.717) is 16.1 Å². The Hall–Kier alpha value is -1.04. The number of rotatable bonds is 2. The summed E-state index contributed by atoms with van der Waals surface area (Å²) in [6.45, 7) is 0. The van der Waals surface area contributed by atoms with Crippen LogP contribution >= 0.6 is 22.3 Å². The van der Waals surface area contributed by atoms with Crippen LogP contribution in [0.1, 0.15) is 0 Å². The SMILES string of the molecule is Cn1ncc(-c2ccc(Cl)cc2)c1S(=O)(=O)Cl. The Kier molecular flexibility index (Phi) is 3.16. The molecule has 0 saturated heterocycles. The normalized spacial score (nSPS) is 11.7. The van der Waals surface area contributed by atoms with Crippen LogP contribution in [-0.2, 0) is 16.1 Å². The van der Waals surface area contributed by atoms with E-state index in [2.05, 4.69) is 5.10 Å². The van der Waals surface area contributed by atoms with Crippen molar-refractivity contribution >= 4 is 31.3 Å². The van der Waals surface area contributed by atoms with Crippen LogP contribution in [0.25, 0.3) is 11.1 Å². The van der Waals surface area contributed by atoms with Gasteiger partial charge in [0.05, 0.1) is 6.20 Å². The third-order valence-corrected chi connectivity index (χ3v) is 3.91. The van der Waals surface area contributed by atoms with Crippen LogP contribution in [0.2, 0.25) is 5.02 Å². The molecule has 0 saturated carbocycles. The van der Waals surface area contributed by atoms with Crippen molar-refractivity contribution in [2.75, 3.05) is 0 Å². The molecule has 0 fully saturated rings. The van der Waals surface area contributed by atoms with Gasteiger partial charge in [0.25, 0.3) is 9.05 Å². The molecule has 17 heavy (non-hydrogen) atoms. The highest BCUT2D eigenvalue weighted by Gasteiger charge is 2.21. The van der Waals surface area contributed by atoms with E-state index in [1.165, 1.54) is 17.9 Å². The summed E-state index contributed by atoms with van der Waals surface area (Å²) in [5.41, 5.74) is 1.15. The van der Waals surface area contributed by atoms with Crippen LogP contribution in [0.5, 0.6) is 0 Å². The number of benzene rings is 1. The minimum atomic E-state index is -3.84. The van der Waals surface area contributed by atoms with Crippen molar-refractivity contribution < 1.29 is 8.42 Å². The van der Waals surface area contributed by atoms with E-state index >= 15 is 0 Å². The largest absolute Gasteiger partial charge is 0.278 e. The second-order valence-corrected chi connectivity index (χ2v) is 6.35. The third kappa shape index (κ3) is 2.46. The van der Waals surface area contributed by atoms with Crippen LogP contribution in [0, 0.1) is 0 Å². The van der Waals surface area contributed by atoms with E-state index in [9.17, 15) is 8.42 Å². The van der Waals surface area contributed by atoms with E-state index in [1.54, 1.807) is 24.3 Å². The molecule has 0 atom stereocenters. The smallest absolute Gasteiger partial charge is 0.256 e. The maximum atomic E-state index is 11.5. The topological polar surface area (TPSA) is 52.0 Å². The Morgan fingerprint density at radius 3 is 2.35 bits per heavy atom. The maximum Gasteiger partial charge on any atom is 0.278 e. The summed E-state index contributed by atoms with van der Waals surface area (Å²) in [5, 5.41) is 4.45. The molecule has 1 aromatic heterocycles. The van der Waals surface area contributed by atoms with E-state index < -0.39 is 9.05 Å². The average Bonchev–Trinajstić information content (AvgIpc) is 2.61. The van der Waals surface area contributed by atoms with Gasteiger partial charge in [-0.1, -0.05) is 23.7 Å². The monoisotopic (exact) mass is 290 g/mol. The highest BCUT2D eigenvalue weighted by Crippen LogP contribution is 2.29.